The third-order valence-corrected chi connectivity index (χ3v) is 6.51. The fourth-order valence-corrected chi connectivity index (χ4v) is 4.37. The summed E-state index contributed by atoms with van der Waals surface area (Å²) in [7, 11) is 0. The van der Waals surface area contributed by atoms with Crippen LogP contribution >= 0.6 is 0 Å². The molecule has 0 radical (unpaired) electrons. The van der Waals surface area contributed by atoms with Crippen molar-refractivity contribution in [3.8, 4) is 0 Å². The molecule has 1 aliphatic carbocycles. The van der Waals surface area contributed by atoms with Crippen LogP contribution in [0.25, 0.3) is 0 Å². The van der Waals surface area contributed by atoms with Crippen molar-refractivity contribution < 1.29 is 23.9 Å². The maximum Gasteiger partial charge on any atom is 0.407 e. The quantitative estimate of drug-likeness (QED) is 0.347. The lowest BCUT2D eigenvalue weighted by Gasteiger charge is -2.22. The normalized spacial score (nSPS) is 14.6. The number of hydrogen-bond acceptors (Lipinski definition) is 6. The molecule has 1 aromatic carbocycles. The van der Waals surface area contributed by atoms with Gasteiger partial charge in [-0.1, -0.05) is 50.2 Å². The highest BCUT2D eigenvalue weighted by Crippen LogP contribution is 2.33. The Morgan fingerprint density at radius 2 is 1.76 bits per heavy atom. The number of nitrogens with one attached hydrogen (secondary N) is 1. The first-order valence-corrected chi connectivity index (χ1v) is 13.2. The molecular weight excluding hydrogens is 468 g/mol. The van der Waals surface area contributed by atoms with Crippen LogP contribution < -0.4 is 5.32 Å². The summed E-state index contributed by atoms with van der Waals surface area (Å²) in [5.41, 5.74) is 2.60. The monoisotopic (exact) mass is 506 g/mol. The van der Waals surface area contributed by atoms with E-state index in [1.807, 2.05) is 69.3 Å². The smallest absolute Gasteiger partial charge is 0.407 e. The highest BCUT2D eigenvalue weighted by atomic mass is 16.5. The van der Waals surface area contributed by atoms with Crippen LogP contribution in [0.5, 0.6) is 0 Å². The summed E-state index contributed by atoms with van der Waals surface area (Å²) in [6.45, 7) is 5.95. The summed E-state index contributed by atoms with van der Waals surface area (Å²) >= 11 is 0. The molecule has 1 amide bonds. The Bertz CT molecular complexity index is 1080. The number of nitrogens with zero attached hydrogens (tertiary/aromatic N) is 1. The number of alkyl carbamates (subject to hydrolysis) is 1. The lowest BCUT2D eigenvalue weighted by Crippen LogP contribution is -2.43. The van der Waals surface area contributed by atoms with Crippen molar-refractivity contribution in [3.63, 3.8) is 0 Å². The summed E-state index contributed by atoms with van der Waals surface area (Å²) in [5.74, 6) is -1.47. The molecule has 1 aromatic heterocycles. The number of Topliss-reactive ketones (excluding diaryl/α,β-unsaturated/α-hetero) is 3. The van der Waals surface area contributed by atoms with Gasteiger partial charge in [0.1, 0.15) is 0 Å². The molecule has 198 valence electrons. The van der Waals surface area contributed by atoms with Gasteiger partial charge < -0.3 is 10.1 Å². The lowest BCUT2D eigenvalue weighted by atomic mass is 9.85. The lowest BCUT2D eigenvalue weighted by molar-refractivity contribution is -0.140. The van der Waals surface area contributed by atoms with Crippen molar-refractivity contribution in [3.05, 3.63) is 65.5 Å². The number of pyridine rings is 1. The molecule has 1 saturated carbocycles. The summed E-state index contributed by atoms with van der Waals surface area (Å²) in [6, 6.07) is 14.3. The Kier molecular flexibility index (Phi) is 10.5. The molecule has 0 aliphatic heterocycles. The topological polar surface area (TPSA) is 102 Å². The first-order valence-electron chi connectivity index (χ1n) is 13.2. The van der Waals surface area contributed by atoms with Gasteiger partial charge in [-0.2, -0.15) is 0 Å². The van der Waals surface area contributed by atoms with E-state index in [-0.39, 0.29) is 31.1 Å². The number of ether oxygens (including phenoxy) is 1. The fraction of sp³-hybridized carbons (Fsp3) is 0.500. The molecule has 3 rings (SSSR count). The molecule has 1 aliphatic rings. The molecule has 1 heterocycles. The Morgan fingerprint density at radius 3 is 2.41 bits per heavy atom. The zero-order chi connectivity index (χ0) is 26.8. The average Bonchev–Trinajstić information content (AvgIpc) is 3.67. The third kappa shape index (κ3) is 9.90. The van der Waals surface area contributed by atoms with Gasteiger partial charge in [-0.25, -0.2) is 4.79 Å². The van der Waals surface area contributed by atoms with Crippen LogP contribution in [0.3, 0.4) is 0 Å². The second-order valence-electron chi connectivity index (χ2n) is 10.5. The number of carbonyl (C=O) groups excluding carboxylic acids is 4. The predicted molar refractivity (Wildman–Crippen MR) is 141 cm³/mol. The average molecular weight is 507 g/mol. The van der Waals surface area contributed by atoms with E-state index >= 15 is 0 Å². The highest BCUT2D eigenvalue weighted by molar-refractivity contribution is 6.38. The molecule has 2 atom stereocenters. The van der Waals surface area contributed by atoms with Crippen LogP contribution in [-0.4, -0.2) is 41.1 Å². The van der Waals surface area contributed by atoms with Crippen molar-refractivity contribution in [1.29, 1.82) is 0 Å². The van der Waals surface area contributed by atoms with E-state index in [0.29, 0.717) is 25.2 Å². The van der Waals surface area contributed by atoms with E-state index < -0.39 is 29.6 Å². The Labute approximate surface area is 219 Å². The van der Waals surface area contributed by atoms with Gasteiger partial charge in [0.05, 0.1) is 12.6 Å². The number of carbonyl (C=O) groups is 4. The molecule has 7 heteroatoms. The van der Waals surface area contributed by atoms with Gasteiger partial charge in [0.2, 0.25) is 5.78 Å². The fourth-order valence-electron chi connectivity index (χ4n) is 4.37. The predicted octanol–water partition coefficient (Wildman–Crippen LogP) is 4.83. The van der Waals surface area contributed by atoms with E-state index in [2.05, 4.69) is 10.3 Å². The number of hydrogen-bond donors (Lipinski definition) is 1. The number of amides is 1. The van der Waals surface area contributed by atoms with Crippen molar-refractivity contribution in [2.24, 2.45) is 17.8 Å². The van der Waals surface area contributed by atoms with Crippen molar-refractivity contribution in [1.82, 2.24) is 10.3 Å². The zero-order valence-electron chi connectivity index (χ0n) is 22.1. The van der Waals surface area contributed by atoms with Crippen LogP contribution in [0.15, 0.2) is 48.5 Å². The maximum absolute atomic E-state index is 13.4. The summed E-state index contributed by atoms with van der Waals surface area (Å²) in [6.07, 6.45) is 2.62. The summed E-state index contributed by atoms with van der Waals surface area (Å²) in [5, 5.41) is 2.70. The molecule has 1 fully saturated rings. The molecule has 7 nitrogen and oxygen atoms in total. The van der Waals surface area contributed by atoms with E-state index in [1.54, 1.807) is 0 Å². The van der Waals surface area contributed by atoms with Crippen LogP contribution in [0.4, 0.5) is 4.79 Å². The van der Waals surface area contributed by atoms with Gasteiger partial charge in [-0.05, 0) is 62.1 Å². The van der Waals surface area contributed by atoms with Gasteiger partial charge in [0, 0.05) is 36.6 Å². The molecule has 37 heavy (non-hydrogen) atoms. The Balaban J connectivity index is 1.62. The Hall–Kier alpha value is -3.35. The van der Waals surface area contributed by atoms with Gasteiger partial charge >= 0.3 is 6.09 Å². The number of rotatable bonds is 15. The van der Waals surface area contributed by atoms with Gasteiger partial charge in [-0.15, -0.1) is 0 Å². The highest BCUT2D eigenvalue weighted by Gasteiger charge is 2.34. The van der Waals surface area contributed by atoms with Gasteiger partial charge in [0.25, 0.3) is 0 Å². The minimum Gasteiger partial charge on any atom is -0.449 e. The van der Waals surface area contributed by atoms with E-state index in [1.165, 1.54) is 0 Å². The van der Waals surface area contributed by atoms with Crippen LogP contribution in [0, 0.1) is 24.7 Å². The largest absolute Gasteiger partial charge is 0.449 e. The second-order valence-corrected chi connectivity index (χ2v) is 10.5. The number of ketones is 3. The minimum atomic E-state index is -0.797. The van der Waals surface area contributed by atoms with Crippen molar-refractivity contribution in [2.75, 3.05) is 6.61 Å². The van der Waals surface area contributed by atoms with E-state index in [9.17, 15) is 19.2 Å². The van der Waals surface area contributed by atoms with Gasteiger partial charge in [0.15, 0.2) is 11.6 Å². The molecular formula is C30H38N2O5. The van der Waals surface area contributed by atoms with Crippen LogP contribution in [-0.2, 0) is 32.0 Å². The maximum atomic E-state index is 13.4. The van der Waals surface area contributed by atoms with Crippen molar-refractivity contribution in [2.45, 2.75) is 71.8 Å². The second kappa shape index (κ2) is 13.8. The standard InChI is InChI=1S/C30H38N2O5/c1-20(2)16-26(32-30(36)37-15-14-25-11-7-8-21(3)31-25)27(33)19-24(17-22-9-5-4-6-10-22)29(35)28(34)18-23-12-13-23/h4-11,20,23-24,26H,12-19H2,1-3H3,(H,32,36)/t24-,26+/m1/s1. The van der Waals surface area contributed by atoms with Gasteiger partial charge in [-0.3, -0.25) is 19.4 Å². The molecule has 0 saturated heterocycles. The van der Waals surface area contributed by atoms with E-state index in [4.69, 9.17) is 4.74 Å². The first kappa shape index (κ1) is 28.2. The summed E-state index contributed by atoms with van der Waals surface area (Å²) < 4.78 is 5.32. The van der Waals surface area contributed by atoms with E-state index in [0.717, 1.165) is 29.8 Å². The number of aromatic nitrogens is 1. The first-order chi connectivity index (χ1) is 17.7. The molecule has 2 aromatic rings. The van der Waals surface area contributed by atoms with Crippen molar-refractivity contribution >= 4 is 23.4 Å². The summed E-state index contributed by atoms with van der Waals surface area (Å²) in [4.78, 5) is 56.0. The molecule has 1 N–H and O–H groups in total. The number of aryl methyl sites for hydroxylation is 1. The minimum absolute atomic E-state index is 0.102. The molecule has 0 unspecified atom stereocenters. The number of benzene rings is 1. The Morgan fingerprint density at radius 1 is 1.03 bits per heavy atom. The SMILES string of the molecule is Cc1cccc(CCOC(=O)N[C@@H](CC(C)C)C(=O)C[C@@H](Cc2ccccc2)C(=O)C(=O)CC2CC2)n1. The zero-order valence-corrected chi connectivity index (χ0v) is 22.1. The third-order valence-electron chi connectivity index (χ3n) is 6.51. The van der Waals surface area contributed by atoms with Crippen LogP contribution in [0.1, 0.15) is 62.9 Å². The molecule has 0 spiro atoms. The molecule has 0 bridgehead atoms. The van der Waals surface area contributed by atoms with Crippen LogP contribution in [0.2, 0.25) is 0 Å².